The number of nitrogens with zero attached hydrogens (tertiary/aromatic N) is 3. The Balaban J connectivity index is 2.01. The molecular weight excluding hydrogens is 262 g/mol. The number of hydrogen-bond donors (Lipinski definition) is 2. The van der Waals surface area contributed by atoms with Crippen LogP contribution in [0, 0.1) is 10.1 Å². The summed E-state index contributed by atoms with van der Waals surface area (Å²) < 4.78 is 4.89. The summed E-state index contributed by atoms with van der Waals surface area (Å²) in [6.45, 7) is 2.46. The van der Waals surface area contributed by atoms with E-state index < -0.39 is 4.92 Å². The lowest BCUT2D eigenvalue weighted by atomic mass is 10.1. The fourth-order valence-electron chi connectivity index (χ4n) is 2.04. The van der Waals surface area contributed by atoms with Crippen LogP contribution in [0.15, 0.2) is 18.0 Å². The van der Waals surface area contributed by atoms with Gasteiger partial charge in [-0.25, -0.2) is 4.98 Å². The van der Waals surface area contributed by atoms with Crippen LogP contribution < -0.4 is 15.4 Å². The molecule has 0 bridgehead atoms. The summed E-state index contributed by atoms with van der Waals surface area (Å²) in [5, 5.41) is 17.3. The molecule has 1 aliphatic heterocycles. The van der Waals surface area contributed by atoms with Gasteiger partial charge in [0.05, 0.1) is 12.0 Å². The van der Waals surface area contributed by atoms with Crippen molar-refractivity contribution in [2.24, 2.45) is 0 Å². The molecule has 0 aliphatic carbocycles. The summed E-state index contributed by atoms with van der Waals surface area (Å²) in [6, 6.07) is 0. The smallest absolute Gasteiger partial charge is 0.372 e. The SMILES string of the molecule is COc1ncnc(NCCC2=CCNCC2)c1[N+](=O)[O-]. The lowest BCUT2D eigenvalue weighted by Crippen LogP contribution is -2.21. The summed E-state index contributed by atoms with van der Waals surface area (Å²) >= 11 is 0. The summed E-state index contributed by atoms with van der Waals surface area (Å²) in [5.74, 6) is 0.157. The third-order valence-corrected chi connectivity index (χ3v) is 3.06. The van der Waals surface area contributed by atoms with E-state index in [2.05, 4.69) is 26.7 Å². The Morgan fingerprint density at radius 2 is 2.40 bits per heavy atom. The minimum Gasteiger partial charge on any atom is -0.476 e. The van der Waals surface area contributed by atoms with Crippen molar-refractivity contribution >= 4 is 11.5 Å². The van der Waals surface area contributed by atoms with Crippen molar-refractivity contribution in [3.05, 3.63) is 28.1 Å². The molecule has 108 valence electrons. The van der Waals surface area contributed by atoms with Gasteiger partial charge in [-0.1, -0.05) is 11.6 Å². The topological polar surface area (TPSA) is 102 Å². The standard InChI is InChI=1S/C12H17N5O3/c1-20-12-10(17(18)19)11(15-8-16-12)14-7-4-9-2-5-13-6-3-9/h2,8,13H,3-7H2,1H3,(H,14,15,16). The summed E-state index contributed by atoms with van der Waals surface area (Å²) in [7, 11) is 1.35. The first-order valence-electron chi connectivity index (χ1n) is 6.38. The maximum absolute atomic E-state index is 11.1. The van der Waals surface area contributed by atoms with Crippen molar-refractivity contribution < 1.29 is 9.66 Å². The van der Waals surface area contributed by atoms with Gasteiger partial charge in [-0.2, -0.15) is 4.98 Å². The molecule has 0 saturated heterocycles. The number of anilines is 1. The lowest BCUT2D eigenvalue weighted by Gasteiger charge is -2.14. The molecule has 2 rings (SSSR count). The second-order valence-corrected chi connectivity index (χ2v) is 4.33. The monoisotopic (exact) mass is 279 g/mol. The molecular formula is C12H17N5O3. The minimum atomic E-state index is -0.537. The Morgan fingerprint density at radius 3 is 3.05 bits per heavy atom. The van der Waals surface area contributed by atoms with Crippen LogP contribution in [0.2, 0.25) is 0 Å². The summed E-state index contributed by atoms with van der Waals surface area (Å²) in [5.41, 5.74) is 1.12. The number of aromatic nitrogens is 2. The zero-order valence-electron chi connectivity index (χ0n) is 11.3. The normalized spacial score (nSPS) is 14.6. The number of methoxy groups -OCH3 is 1. The number of rotatable bonds is 6. The highest BCUT2D eigenvalue weighted by atomic mass is 16.6. The van der Waals surface area contributed by atoms with Crippen molar-refractivity contribution in [1.82, 2.24) is 15.3 Å². The molecule has 0 amide bonds. The molecule has 0 atom stereocenters. The van der Waals surface area contributed by atoms with Crippen LogP contribution in [-0.2, 0) is 0 Å². The van der Waals surface area contributed by atoms with E-state index in [0.29, 0.717) is 6.54 Å². The highest BCUT2D eigenvalue weighted by molar-refractivity contribution is 5.61. The Morgan fingerprint density at radius 1 is 1.55 bits per heavy atom. The van der Waals surface area contributed by atoms with Crippen LogP contribution in [0.1, 0.15) is 12.8 Å². The van der Waals surface area contributed by atoms with Gasteiger partial charge in [0, 0.05) is 13.1 Å². The Bertz CT molecular complexity index is 518. The Kier molecular flexibility index (Phi) is 4.83. The van der Waals surface area contributed by atoms with Gasteiger partial charge in [0.15, 0.2) is 0 Å². The van der Waals surface area contributed by atoms with Crippen LogP contribution in [0.25, 0.3) is 0 Å². The fourth-order valence-corrected chi connectivity index (χ4v) is 2.04. The molecule has 0 aromatic carbocycles. The quantitative estimate of drug-likeness (QED) is 0.457. The average molecular weight is 279 g/mol. The second-order valence-electron chi connectivity index (χ2n) is 4.33. The van der Waals surface area contributed by atoms with Crippen LogP contribution >= 0.6 is 0 Å². The molecule has 20 heavy (non-hydrogen) atoms. The molecule has 1 aromatic heterocycles. The molecule has 8 heteroatoms. The molecule has 0 unspecified atom stereocenters. The zero-order valence-corrected chi connectivity index (χ0v) is 11.3. The number of nitro groups is 1. The van der Waals surface area contributed by atoms with Gasteiger partial charge >= 0.3 is 5.69 Å². The van der Waals surface area contributed by atoms with E-state index in [0.717, 1.165) is 25.9 Å². The fraction of sp³-hybridized carbons (Fsp3) is 0.500. The van der Waals surface area contributed by atoms with Gasteiger partial charge in [-0.05, 0) is 19.4 Å². The number of hydrogen-bond acceptors (Lipinski definition) is 7. The largest absolute Gasteiger partial charge is 0.476 e. The first-order chi connectivity index (χ1) is 9.72. The summed E-state index contributed by atoms with van der Waals surface area (Å²) in [6.07, 6.45) is 5.25. The average Bonchev–Trinajstić information content (AvgIpc) is 2.47. The molecule has 0 saturated carbocycles. The number of nitrogens with one attached hydrogen (secondary N) is 2. The zero-order chi connectivity index (χ0) is 14.4. The van der Waals surface area contributed by atoms with Crippen LogP contribution in [0.4, 0.5) is 11.5 Å². The highest BCUT2D eigenvalue weighted by Crippen LogP contribution is 2.30. The predicted molar refractivity (Wildman–Crippen MR) is 73.9 cm³/mol. The van der Waals surface area contributed by atoms with Gasteiger partial charge < -0.3 is 15.4 Å². The summed E-state index contributed by atoms with van der Waals surface area (Å²) in [4.78, 5) is 18.2. The van der Waals surface area contributed by atoms with Crippen molar-refractivity contribution in [1.29, 1.82) is 0 Å². The van der Waals surface area contributed by atoms with Crippen molar-refractivity contribution in [2.45, 2.75) is 12.8 Å². The molecule has 8 nitrogen and oxygen atoms in total. The van der Waals surface area contributed by atoms with E-state index >= 15 is 0 Å². The Hall–Kier alpha value is -2.22. The molecule has 1 aliphatic rings. The van der Waals surface area contributed by atoms with Crippen molar-refractivity contribution in [3.63, 3.8) is 0 Å². The van der Waals surface area contributed by atoms with E-state index in [1.165, 1.54) is 19.0 Å². The van der Waals surface area contributed by atoms with E-state index in [1.54, 1.807) is 0 Å². The van der Waals surface area contributed by atoms with Gasteiger partial charge in [-0.15, -0.1) is 0 Å². The number of ether oxygens (including phenoxy) is 1. The van der Waals surface area contributed by atoms with Crippen LogP contribution in [-0.4, -0.2) is 41.6 Å². The first kappa shape index (κ1) is 14.2. The van der Waals surface area contributed by atoms with E-state index in [1.807, 2.05) is 0 Å². The molecule has 0 fully saturated rings. The third-order valence-electron chi connectivity index (χ3n) is 3.06. The maximum Gasteiger partial charge on any atom is 0.372 e. The lowest BCUT2D eigenvalue weighted by molar-refractivity contribution is -0.385. The third kappa shape index (κ3) is 3.41. The van der Waals surface area contributed by atoms with Crippen LogP contribution in [0.3, 0.4) is 0 Å². The second kappa shape index (κ2) is 6.80. The van der Waals surface area contributed by atoms with E-state index in [-0.39, 0.29) is 17.4 Å². The van der Waals surface area contributed by atoms with Crippen LogP contribution in [0.5, 0.6) is 5.88 Å². The van der Waals surface area contributed by atoms with Crippen molar-refractivity contribution in [2.75, 3.05) is 32.1 Å². The predicted octanol–water partition coefficient (Wildman–Crippen LogP) is 1.12. The van der Waals surface area contributed by atoms with E-state index in [9.17, 15) is 10.1 Å². The molecule has 1 aromatic rings. The van der Waals surface area contributed by atoms with Crippen molar-refractivity contribution in [3.8, 4) is 5.88 Å². The van der Waals surface area contributed by atoms with E-state index in [4.69, 9.17) is 4.74 Å². The Labute approximate surface area is 116 Å². The maximum atomic E-state index is 11.1. The molecule has 0 radical (unpaired) electrons. The molecule has 0 spiro atoms. The molecule has 2 N–H and O–H groups in total. The van der Waals surface area contributed by atoms with Gasteiger partial charge in [0.1, 0.15) is 6.33 Å². The first-order valence-corrected chi connectivity index (χ1v) is 6.38. The minimum absolute atomic E-state index is 0.0337. The van der Waals surface area contributed by atoms with Gasteiger partial charge in [0.25, 0.3) is 5.88 Å². The van der Waals surface area contributed by atoms with Gasteiger partial charge in [-0.3, -0.25) is 10.1 Å². The highest BCUT2D eigenvalue weighted by Gasteiger charge is 2.23. The van der Waals surface area contributed by atoms with Gasteiger partial charge in [0.2, 0.25) is 5.82 Å². The molecule has 2 heterocycles.